The lowest BCUT2D eigenvalue weighted by Crippen LogP contribution is -2.49. The van der Waals surface area contributed by atoms with Crippen molar-refractivity contribution in [3.05, 3.63) is 69.7 Å². The van der Waals surface area contributed by atoms with Gasteiger partial charge in [0.25, 0.3) is 0 Å². The second-order valence-corrected chi connectivity index (χ2v) is 8.83. The molecule has 2 aromatic carbocycles. The highest BCUT2D eigenvalue weighted by molar-refractivity contribution is 7.99. The third-order valence-electron chi connectivity index (χ3n) is 4.68. The molecule has 162 valence electrons. The second kappa shape index (κ2) is 12.9. The molecule has 0 spiro atoms. The molecular formula is C23H28Cl2N2O2S. The van der Waals surface area contributed by atoms with Gasteiger partial charge in [0.15, 0.2) is 0 Å². The van der Waals surface area contributed by atoms with E-state index >= 15 is 0 Å². The maximum atomic E-state index is 13.0. The number of nitrogens with one attached hydrogen (secondary N) is 1. The van der Waals surface area contributed by atoms with Crippen molar-refractivity contribution in [1.29, 1.82) is 0 Å². The minimum atomic E-state index is -0.515. The van der Waals surface area contributed by atoms with Gasteiger partial charge < -0.3 is 10.2 Å². The zero-order chi connectivity index (χ0) is 21.9. The van der Waals surface area contributed by atoms with E-state index in [0.717, 1.165) is 17.5 Å². The Balaban J connectivity index is 1.98. The SMILES string of the molecule is CCCNC(=O)[C@H](C)N(CCc1ccccc1)C(=O)CSCc1ccc(Cl)c(Cl)c1. The molecule has 0 fully saturated rings. The summed E-state index contributed by atoms with van der Waals surface area (Å²) in [5.41, 5.74) is 2.15. The van der Waals surface area contributed by atoms with Crippen LogP contribution in [0.15, 0.2) is 48.5 Å². The topological polar surface area (TPSA) is 49.4 Å². The van der Waals surface area contributed by atoms with Crippen LogP contribution >= 0.6 is 35.0 Å². The molecule has 0 unspecified atom stereocenters. The molecule has 0 aliphatic heterocycles. The number of amides is 2. The molecule has 0 aliphatic carbocycles. The lowest BCUT2D eigenvalue weighted by atomic mass is 10.1. The number of carbonyl (C=O) groups is 2. The first-order valence-electron chi connectivity index (χ1n) is 10.0. The van der Waals surface area contributed by atoms with Crippen LogP contribution < -0.4 is 5.32 Å². The van der Waals surface area contributed by atoms with E-state index in [-0.39, 0.29) is 11.8 Å². The van der Waals surface area contributed by atoms with Crippen LogP contribution in [0, 0.1) is 0 Å². The van der Waals surface area contributed by atoms with Crippen molar-refractivity contribution in [2.75, 3.05) is 18.8 Å². The van der Waals surface area contributed by atoms with Crippen molar-refractivity contribution >= 4 is 46.8 Å². The molecule has 1 N–H and O–H groups in total. The second-order valence-electron chi connectivity index (χ2n) is 7.03. The van der Waals surface area contributed by atoms with E-state index in [1.165, 1.54) is 11.8 Å². The van der Waals surface area contributed by atoms with E-state index in [2.05, 4.69) is 5.32 Å². The fraction of sp³-hybridized carbons (Fsp3) is 0.391. The predicted octanol–water partition coefficient (Wildman–Crippen LogP) is 5.21. The van der Waals surface area contributed by atoms with Crippen molar-refractivity contribution in [3.8, 4) is 0 Å². The lowest BCUT2D eigenvalue weighted by Gasteiger charge is -2.28. The van der Waals surface area contributed by atoms with Gasteiger partial charge in [-0.1, -0.05) is 66.5 Å². The van der Waals surface area contributed by atoms with Gasteiger partial charge in [0.05, 0.1) is 15.8 Å². The van der Waals surface area contributed by atoms with Gasteiger partial charge in [0.2, 0.25) is 11.8 Å². The Morgan fingerprint density at radius 3 is 2.47 bits per heavy atom. The molecule has 7 heteroatoms. The molecule has 30 heavy (non-hydrogen) atoms. The maximum Gasteiger partial charge on any atom is 0.242 e. The monoisotopic (exact) mass is 466 g/mol. The molecule has 1 atom stereocenters. The number of halogens is 2. The summed E-state index contributed by atoms with van der Waals surface area (Å²) in [4.78, 5) is 27.1. The van der Waals surface area contributed by atoms with Crippen LogP contribution in [-0.2, 0) is 21.8 Å². The van der Waals surface area contributed by atoms with Crippen molar-refractivity contribution in [2.45, 2.75) is 38.5 Å². The fourth-order valence-corrected chi connectivity index (χ4v) is 4.11. The Labute approximate surface area is 193 Å². The number of hydrogen-bond acceptors (Lipinski definition) is 3. The van der Waals surface area contributed by atoms with E-state index in [9.17, 15) is 9.59 Å². The summed E-state index contributed by atoms with van der Waals surface area (Å²) in [6.45, 7) is 4.90. The number of rotatable bonds is 11. The minimum Gasteiger partial charge on any atom is -0.354 e. The summed E-state index contributed by atoms with van der Waals surface area (Å²) in [7, 11) is 0. The molecule has 2 amide bonds. The molecule has 0 aromatic heterocycles. The first-order chi connectivity index (χ1) is 14.4. The summed E-state index contributed by atoms with van der Waals surface area (Å²) in [5, 5.41) is 3.91. The number of nitrogens with zero attached hydrogens (tertiary/aromatic N) is 1. The largest absolute Gasteiger partial charge is 0.354 e. The van der Waals surface area contributed by atoms with Crippen LogP contribution in [0.2, 0.25) is 10.0 Å². The normalized spacial score (nSPS) is 11.7. The van der Waals surface area contributed by atoms with Gasteiger partial charge >= 0.3 is 0 Å². The highest BCUT2D eigenvalue weighted by atomic mass is 35.5. The first kappa shape index (κ1) is 24.6. The van der Waals surface area contributed by atoms with Gasteiger partial charge in [-0.3, -0.25) is 9.59 Å². The van der Waals surface area contributed by atoms with Crippen molar-refractivity contribution in [1.82, 2.24) is 10.2 Å². The average molecular weight is 467 g/mol. The van der Waals surface area contributed by atoms with Crippen LogP contribution in [0.25, 0.3) is 0 Å². The summed E-state index contributed by atoms with van der Waals surface area (Å²) in [6.07, 6.45) is 1.56. The zero-order valence-electron chi connectivity index (χ0n) is 17.4. The number of benzene rings is 2. The van der Waals surface area contributed by atoms with E-state index in [0.29, 0.717) is 41.1 Å². The Morgan fingerprint density at radius 2 is 1.80 bits per heavy atom. The zero-order valence-corrected chi connectivity index (χ0v) is 19.7. The Kier molecular flexibility index (Phi) is 10.6. The van der Waals surface area contributed by atoms with Crippen LogP contribution in [0.1, 0.15) is 31.4 Å². The molecule has 0 saturated heterocycles. The van der Waals surface area contributed by atoms with E-state index < -0.39 is 6.04 Å². The molecule has 0 heterocycles. The molecule has 4 nitrogen and oxygen atoms in total. The van der Waals surface area contributed by atoms with E-state index in [4.69, 9.17) is 23.2 Å². The molecule has 0 aliphatic rings. The van der Waals surface area contributed by atoms with Gasteiger partial charge in [-0.15, -0.1) is 11.8 Å². The number of carbonyl (C=O) groups excluding carboxylic acids is 2. The van der Waals surface area contributed by atoms with Crippen LogP contribution in [0.5, 0.6) is 0 Å². The standard InChI is InChI=1S/C23H28Cl2N2O2S/c1-3-12-26-23(29)17(2)27(13-11-18-7-5-4-6-8-18)22(28)16-30-15-19-9-10-20(24)21(25)14-19/h4-10,14,17H,3,11-13,15-16H2,1-2H3,(H,26,29)/t17-/m0/s1. The Morgan fingerprint density at radius 1 is 1.07 bits per heavy atom. The fourth-order valence-electron chi connectivity index (χ4n) is 2.93. The van der Waals surface area contributed by atoms with Gasteiger partial charge in [0.1, 0.15) is 6.04 Å². The van der Waals surface area contributed by atoms with Gasteiger partial charge in [-0.25, -0.2) is 0 Å². The minimum absolute atomic E-state index is 0.0462. The summed E-state index contributed by atoms with van der Waals surface area (Å²) in [5.74, 6) is 0.773. The Hall–Kier alpha value is -1.69. The number of thioether (sulfide) groups is 1. The van der Waals surface area contributed by atoms with Crippen molar-refractivity contribution < 1.29 is 9.59 Å². The Bertz CT molecular complexity index is 833. The molecule has 0 bridgehead atoms. The highest BCUT2D eigenvalue weighted by Crippen LogP contribution is 2.24. The molecule has 2 rings (SSSR count). The molecule has 0 radical (unpaired) electrons. The van der Waals surface area contributed by atoms with Gasteiger partial charge in [-0.05, 0) is 43.0 Å². The van der Waals surface area contributed by atoms with Crippen LogP contribution in [0.4, 0.5) is 0 Å². The predicted molar refractivity (Wildman–Crippen MR) is 127 cm³/mol. The van der Waals surface area contributed by atoms with Gasteiger partial charge in [-0.2, -0.15) is 0 Å². The van der Waals surface area contributed by atoms with Crippen LogP contribution in [0.3, 0.4) is 0 Å². The smallest absolute Gasteiger partial charge is 0.242 e. The summed E-state index contributed by atoms with van der Waals surface area (Å²) >= 11 is 13.5. The molecular weight excluding hydrogens is 439 g/mol. The quantitative estimate of drug-likeness (QED) is 0.494. The maximum absolute atomic E-state index is 13.0. The average Bonchev–Trinajstić information content (AvgIpc) is 2.75. The van der Waals surface area contributed by atoms with Crippen molar-refractivity contribution in [3.63, 3.8) is 0 Å². The lowest BCUT2D eigenvalue weighted by molar-refractivity contribution is -0.137. The molecule has 2 aromatic rings. The highest BCUT2D eigenvalue weighted by Gasteiger charge is 2.25. The summed E-state index contributed by atoms with van der Waals surface area (Å²) < 4.78 is 0. The third-order valence-corrected chi connectivity index (χ3v) is 6.41. The van der Waals surface area contributed by atoms with E-state index in [1.54, 1.807) is 17.9 Å². The third kappa shape index (κ3) is 7.86. The summed E-state index contributed by atoms with van der Waals surface area (Å²) in [6, 6.07) is 14.9. The van der Waals surface area contributed by atoms with Crippen LogP contribution in [-0.4, -0.2) is 41.6 Å². The van der Waals surface area contributed by atoms with E-state index in [1.807, 2.05) is 49.4 Å². The van der Waals surface area contributed by atoms with Gasteiger partial charge in [0, 0.05) is 18.8 Å². The molecule has 0 saturated carbocycles. The number of hydrogen-bond donors (Lipinski definition) is 1. The van der Waals surface area contributed by atoms with Crippen molar-refractivity contribution in [2.24, 2.45) is 0 Å². The first-order valence-corrected chi connectivity index (χ1v) is 12.0.